The number of aromatic nitrogens is 1. The summed E-state index contributed by atoms with van der Waals surface area (Å²) in [6.07, 6.45) is 2.98. The molecule has 4 aromatic rings. The van der Waals surface area contributed by atoms with Gasteiger partial charge in [-0.25, -0.2) is 0 Å². The van der Waals surface area contributed by atoms with Crippen LogP contribution in [0.25, 0.3) is 10.9 Å². The number of H-pyrrole nitrogens is 1. The van der Waals surface area contributed by atoms with Crippen molar-refractivity contribution in [2.45, 2.75) is 26.2 Å². The van der Waals surface area contributed by atoms with Crippen LogP contribution < -0.4 is 10.6 Å². The maximum atomic E-state index is 12.7. The molecule has 0 spiro atoms. The number of benzene rings is 3. The van der Waals surface area contributed by atoms with Crippen LogP contribution in [0.2, 0.25) is 0 Å². The Kier molecular flexibility index (Phi) is 6.48. The van der Waals surface area contributed by atoms with E-state index < -0.39 is 0 Å². The van der Waals surface area contributed by atoms with Crippen molar-refractivity contribution in [1.29, 1.82) is 0 Å². The molecule has 4 rings (SSSR count). The number of hydrogen-bond donors (Lipinski definition) is 3. The number of carbonyl (C=O) groups is 1. The van der Waals surface area contributed by atoms with Crippen LogP contribution in [0.3, 0.4) is 0 Å². The van der Waals surface area contributed by atoms with Gasteiger partial charge in [0.25, 0.3) is 0 Å². The molecule has 4 heteroatoms. The summed E-state index contributed by atoms with van der Waals surface area (Å²) in [7, 11) is 0. The first-order valence-electron chi connectivity index (χ1n) is 10.9. The molecule has 0 aliphatic heterocycles. The second-order valence-corrected chi connectivity index (χ2v) is 7.89. The lowest BCUT2D eigenvalue weighted by Crippen LogP contribution is -2.32. The van der Waals surface area contributed by atoms with E-state index in [1.54, 1.807) is 0 Å². The Morgan fingerprint density at radius 2 is 1.74 bits per heavy atom. The third kappa shape index (κ3) is 4.70. The van der Waals surface area contributed by atoms with Gasteiger partial charge < -0.3 is 15.6 Å². The number of carbonyl (C=O) groups excluding carboxylic acids is 1. The van der Waals surface area contributed by atoms with Gasteiger partial charge in [0.2, 0.25) is 5.91 Å². The monoisotopic (exact) mass is 411 g/mol. The van der Waals surface area contributed by atoms with Crippen LogP contribution in [0.5, 0.6) is 0 Å². The van der Waals surface area contributed by atoms with Gasteiger partial charge in [0.05, 0.1) is 6.54 Å². The summed E-state index contributed by atoms with van der Waals surface area (Å²) < 4.78 is 0. The van der Waals surface area contributed by atoms with E-state index in [4.69, 9.17) is 0 Å². The standard InChI is InChI=1S/C27H29N3O/c1-3-20-13-9-10-19(2)27(20)30-26(31)18-28-16-23(21-11-5-4-6-12-21)24-17-29-25-15-8-7-14-22(24)25/h4-15,17,23,28-29H,3,16,18H2,1-2H3,(H,30,31)/t23-/m0/s1. The summed E-state index contributed by atoms with van der Waals surface area (Å²) in [6.45, 7) is 5.08. The van der Waals surface area contributed by atoms with Gasteiger partial charge in [0.15, 0.2) is 0 Å². The summed E-state index contributed by atoms with van der Waals surface area (Å²) >= 11 is 0. The number of amides is 1. The Balaban J connectivity index is 1.48. The Bertz CT molecular complexity index is 1160. The highest BCUT2D eigenvalue weighted by Gasteiger charge is 2.18. The maximum absolute atomic E-state index is 12.7. The molecule has 0 unspecified atom stereocenters. The quantitative estimate of drug-likeness (QED) is 0.364. The second-order valence-electron chi connectivity index (χ2n) is 7.89. The summed E-state index contributed by atoms with van der Waals surface area (Å²) in [6, 6.07) is 24.9. The average molecular weight is 412 g/mol. The van der Waals surface area contributed by atoms with Crippen molar-refractivity contribution in [1.82, 2.24) is 10.3 Å². The molecule has 1 aromatic heterocycles. The van der Waals surface area contributed by atoms with Crippen molar-refractivity contribution >= 4 is 22.5 Å². The van der Waals surface area contributed by atoms with Crippen LogP contribution in [0.15, 0.2) is 79.0 Å². The minimum atomic E-state index is -0.0188. The molecule has 1 heterocycles. The fraction of sp³-hybridized carbons (Fsp3) is 0.222. The summed E-state index contributed by atoms with van der Waals surface area (Å²) in [5.74, 6) is 0.129. The van der Waals surface area contributed by atoms with Crippen LogP contribution in [-0.2, 0) is 11.2 Å². The predicted molar refractivity (Wildman–Crippen MR) is 129 cm³/mol. The normalized spacial score (nSPS) is 12.1. The smallest absolute Gasteiger partial charge is 0.238 e. The summed E-state index contributed by atoms with van der Waals surface area (Å²) in [5.41, 5.74) is 6.79. The molecule has 0 bridgehead atoms. The van der Waals surface area contributed by atoms with Gasteiger partial charge in [-0.15, -0.1) is 0 Å². The Hall–Kier alpha value is -3.37. The lowest BCUT2D eigenvalue weighted by molar-refractivity contribution is -0.115. The minimum Gasteiger partial charge on any atom is -0.361 e. The van der Waals surface area contributed by atoms with Crippen LogP contribution in [0, 0.1) is 6.92 Å². The first-order valence-corrected chi connectivity index (χ1v) is 10.9. The lowest BCUT2D eigenvalue weighted by atomic mass is 9.91. The zero-order valence-corrected chi connectivity index (χ0v) is 18.1. The molecular weight excluding hydrogens is 382 g/mol. The summed E-state index contributed by atoms with van der Waals surface area (Å²) in [4.78, 5) is 16.1. The van der Waals surface area contributed by atoms with Crippen molar-refractivity contribution < 1.29 is 4.79 Å². The first-order chi connectivity index (χ1) is 15.2. The van der Waals surface area contributed by atoms with Crippen molar-refractivity contribution in [2.24, 2.45) is 0 Å². The van der Waals surface area contributed by atoms with Crippen molar-refractivity contribution in [3.63, 3.8) is 0 Å². The highest BCUT2D eigenvalue weighted by molar-refractivity contribution is 5.93. The minimum absolute atomic E-state index is 0.0188. The van der Waals surface area contributed by atoms with E-state index in [2.05, 4.69) is 77.3 Å². The predicted octanol–water partition coefficient (Wildman–Crippen LogP) is 5.40. The van der Waals surface area contributed by atoms with Gasteiger partial charge in [-0.05, 0) is 41.7 Å². The Labute approximate surface area is 183 Å². The molecule has 0 saturated carbocycles. The van der Waals surface area contributed by atoms with E-state index in [0.717, 1.165) is 28.8 Å². The Morgan fingerprint density at radius 3 is 2.55 bits per heavy atom. The van der Waals surface area contributed by atoms with E-state index >= 15 is 0 Å². The van der Waals surface area contributed by atoms with Gasteiger partial charge in [-0.3, -0.25) is 4.79 Å². The molecule has 3 N–H and O–H groups in total. The average Bonchev–Trinajstić information content (AvgIpc) is 3.22. The number of para-hydroxylation sites is 2. The number of hydrogen-bond acceptors (Lipinski definition) is 2. The maximum Gasteiger partial charge on any atom is 0.238 e. The molecule has 0 radical (unpaired) electrons. The number of anilines is 1. The van der Waals surface area contributed by atoms with E-state index in [0.29, 0.717) is 6.54 Å². The fourth-order valence-corrected chi connectivity index (χ4v) is 4.19. The lowest BCUT2D eigenvalue weighted by Gasteiger charge is -2.19. The SMILES string of the molecule is CCc1cccc(C)c1NC(=O)CNC[C@@H](c1ccccc1)c1c[nH]c2ccccc12. The number of fused-ring (bicyclic) bond motifs is 1. The van der Waals surface area contributed by atoms with Crippen LogP contribution in [0.4, 0.5) is 5.69 Å². The molecule has 1 atom stereocenters. The summed E-state index contributed by atoms with van der Waals surface area (Å²) in [5, 5.41) is 7.71. The zero-order valence-electron chi connectivity index (χ0n) is 18.1. The van der Waals surface area contributed by atoms with E-state index in [9.17, 15) is 4.79 Å². The third-order valence-corrected chi connectivity index (χ3v) is 5.84. The molecule has 4 nitrogen and oxygen atoms in total. The van der Waals surface area contributed by atoms with Crippen LogP contribution in [0.1, 0.15) is 35.1 Å². The molecule has 158 valence electrons. The molecule has 3 aromatic carbocycles. The van der Waals surface area contributed by atoms with Gasteiger partial charge >= 0.3 is 0 Å². The van der Waals surface area contributed by atoms with Crippen LogP contribution in [-0.4, -0.2) is 24.0 Å². The van der Waals surface area contributed by atoms with E-state index in [1.165, 1.54) is 16.5 Å². The Morgan fingerprint density at radius 1 is 0.968 bits per heavy atom. The first kappa shape index (κ1) is 20.9. The van der Waals surface area contributed by atoms with Gasteiger partial charge in [0.1, 0.15) is 0 Å². The van der Waals surface area contributed by atoms with Gasteiger partial charge in [-0.1, -0.05) is 73.7 Å². The van der Waals surface area contributed by atoms with Gasteiger partial charge in [-0.2, -0.15) is 0 Å². The van der Waals surface area contributed by atoms with Crippen LogP contribution >= 0.6 is 0 Å². The molecule has 0 fully saturated rings. The number of aryl methyl sites for hydroxylation is 2. The molecular formula is C27H29N3O. The highest BCUT2D eigenvalue weighted by Crippen LogP contribution is 2.30. The fourth-order valence-electron chi connectivity index (χ4n) is 4.19. The number of nitrogens with one attached hydrogen (secondary N) is 3. The van der Waals surface area contributed by atoms with Crippen molar-refractivity contribution in [2.75, 3.05) is 18.4 Å². The van der Waals surface area contributed by atoms with Crippen molar-refractivity contribution in [3.8, 4) is 0 Å². The molecule has 0 aliphatic rings. The highest BCUT2D eigenvalue weighted by atomic mass is 16.1. The topological polar surface area (TPSA) is 56.9 Å². The largest absolute Gasteiger partial charge is 0.361 e. The van der Waals surface area contributed by atoms with Gasteiger partial charge in [0, 0.05) is 35.2 Å². The zero-order chi connectivity index (χ0) is 21.6. The van der Waals surface area contributed by atoms with E-state index in [-0.39, 0.29) is 18.4 Å². The molecule has 0 saturated heterocycles. The third-order valence-electron chi connectivity index (χ3n) is 5.84. The molecule has 1 amide bonds. The molecule has 0 aliphatic carbocycles. The van der Waals surface area contributed by atoms with E-state index in [1.807, 2.05) is 31.2 Å². The van der Waals surface area contributed by atoms with Crippen molar-refractivity contribution in [3.05, 3.63) is 101 Å². The number of rotatable bonds is 8. The second kappa shape index (κ2) is 9.63. The number of aromatic amines is 1. The molecule has 31 heavy (non-hydrogen) atoms.